The van der Waals surface area contributed by atoms with E-state index < -0.39 is 51.1 Å². The number of aliphatic carboxylic acids is 1. The van der Waals surface area contributed by atoms with Crippen LogP contribution in [-0.2, 0) is 37.5 Å². The van der Waals surface area contributed by atoms with Crippen molar-refractivity contribution in [3.05, 3.63) is 12.2 Å². The third-order valence-electron chi connectivity index (χ3n) is 5.07. The lowest BCUT2D eigenvalue weighted by atomic mass is 10.1. The summed E-state index contributed by atoms with van der Waals surface area (Å²) in [5, 5.41) is 8.69. The molecule has 4 N–H and O–H groups in total. The van der Waals surface area contributed by atoms with Gasteiger partial charge in [0.25, 0.3) is 0 Å². The first-order chi connectivity index (χ1) is 17.1. The fourth-order valence-electron chi connectivity index (χ4n) is 3.02. The number of phosphoric acid groups is 1. The molecule has 0 radical (unpaired) electrons. The van der Waals surface area contributed by atoms with Crippen LogP contribution in [0.25, 0.3) is 0 Å². The minimum absolute atomic E-state index is 0.148. The first-order valence-electron chi connectivity index (χ1n) is 12.7. The van der Waals surface area contributed by atoms with Gasteiger partial charge in [-0.2, -0.15) is 0 Å². The molecule has 210 valence electrons. The van der Waals surface area contributed by atoms with Crippen LogP contribution in [0, 0.1) is 0 Å². The molecule has 3 unspecified atom stereocenters. The molecule has 0 fully saturated rings. The number of ether oxygens (including phenoxy) is 2. The molecule has 0 aromatic carbocycles. The predicted molar refractivity (Wildman–Crippen MR) is 134 cm³/mol. The van der Waals surface area contributed by atoms with Crippen molar-refractivity contribution >= 4 is 25.7 Å². The van der Waals surface area contributed by atoms with E-state index in [4.69, 9.17) is 24.8 Å². The van der Waals surface area contributed by atoms with Gasteiger partial charge in [0.1, 0.15) is 12.6 Å². The number of carbonyl (C=O) groups excluding carboxylic acids is 2. The van der Waals surface area contributed by atoms with Crippen molar-refractivity contribution in [1.82, 2.24) is 0 Å². The van der Waals surface area contributed by atoms with E-state index in [2.05, 4.69) is 23.6 Å². The molecule has 3 atom stereocenters. The molecule has 0 heterocycles. The zero-order valence-electron chi connectivity index (χ0n) is 21.6. The SMILES string of the molecule is CCCCCC/C=C\CCCCCCCC(=O)OC(COC(C)=O)COP(=O)(O)OCC(N)C(=O)O. The molecule has 0 saturated heterocycles. The Labute approximate surface area is 214 Å². The first kappa shape index (κ1) is 34.2. The van der Waals surface area contributed by atoms with Gasteiger partial charge in [0.2, 0.25) is 0 Å². The van der Waals surface area contributed by atoms with Crippen LogP contribution in [0.15, 0.2) is 12.2 Å². The molecule has 36 heavy (non-hydrogen) atoms. The van der Waals surface area contributed by atoms with Gasteiger partial charge < -0.3 is 25.2 Å². The zero-order chi connectivity index (χ0) is 27.2. The molecule has 0 rings (SSSR count). The summed E-state index contributed by atoms with van der Waals surface area (Å²) < 4.78 is 31.2. The normalized spacial score (nSPS) is 14.8. The van der Waals surface area contributed by atoms with Crippen LogP contribution < -0.4 is 5.73 Å². The van der Waals surface area contributed by atoms with Crippen LogP contribution in [-0.4, -0.2) is 59.9 Å². The lowest BCUT2D eigenvalue weighted by molar-refractivity contribution is -0.160. The Kier molecular flexibility index (Phi) is 20.3. The van der Waals surface area contributed by atoms with E-state index in [1.54, 1.807) is 0 Å². The number of hydrogen-bond acceptors (Lipinski definition) is 9. The maximum Gasteiger partial charge on any atom is 0.472 e. The second-order valence-electron chi connectivity index (χ2n) is 8.55. The highest BCUT2D eigenvalue weighted by Crippen LogP contribution is 2.43. The molecular formula is C24H44NO10P. The summed E-state index contributed by atoms with van der Waals surface area (Å²) in [4.78, 5) is 43.5. The van der Waals surface area contributed by atoms with E-state index in [1.807, 2.05) is 0 Å². The zero-order valence-corrected chi connectivity index (χ0v) is 22.5. The highest BCUT2D eigenvalue weighted by atomic mass is 31.2. The molecule has 0 bridgehead atoms. The average Bonchev–Trinajstić information content (AvgIpc) is 2.82. The van der Waals surface area contributed by atoms with Crippen LogP contribution in [0.2, 0.25) is 0 Å². The fourth-order valence-corrected chi connectivity index (χ4v) is 3.80. The third kappa shape index (κ3) is 21.5. The van der Waals surface area contributed by atoms with Crippen LogP contribution >= 0.6 is 7.82 Å². The van der Waals surface area contributed by atoms with Gasteiger partial charge in [-0.25, -0.2) is 4.57 Å². The number of unbranched alkanes of at least 4 members (excludes halogenated alkanes) is 9. The van der Waals surface area contributed by atoms with Gasteiger partial charge in [-0.05, 0) is 32.1 Å². The van der Waals surface area contributed by atoms with Crippen LogP contribution in [0.5, 0.6) is 0 Å². The lowest BCUT2D eigenvalue weighted by Gasteiger charge is -2.20. The van der Waals surface area contributed by atoms with Gasteiger partial charge in [-0.3, -0.25) is 23.4 Å². The van der Waals surface area contributed by atoms with Crippen molar-refractivity contribution in [2.45, 2.75) is 103 Å². The van der Waals surface area contributed by atoms with Crippen molar-refractivity contribution in [2.75, 3.05) is 19.8 Å². The van der Waals surface area contributed by atoms with Gasteiger partial charge in [0.05, 0.1) is 13.2 Å². The van der Waals surface area contributed by atoms with Crippen molar-refractivity contribution in [2.24, 2.45) is 5.73 Å². The smallest absolute Gasteiger partial charge is 0.472 e. The Morgan fingerprint density at radius 3 is 2.03 bits per heavy atom. The van der Waals surface area contributed by atoms with Crippen LogP contribution in [0.4, 0.5) is 0 Å². The second-order valence-corrected chi connectivity index (χ2v) is 10.00. The molecule has 0 aliphatic heterocycles. The highest BCUT2D eigenvalue weighted by Gasteiger charge is 2.27. The van der Waals surface area contributed by atoms with Gasteiger partial charge in [0, 0.05) is 13.3 Å². The first-order valence-corrected chi connectivity index (χ1v) is 14.1. The van der Waals surface area contributed by atoms with E-state index in [0.717, 1.165) is 45.4 Å². The van der Waals surface area contributed by atoms with E-state index >= 15 is 0 Å². The summed E-state index contributed by atoms with van der Waals surface area (Å²) >= 11 is 0. The molecule has 0 aliphatic rings. The number of allylic oxidation sites excluding steroid dienone is 2. The standard InChI is InChI=1S/C24H44NO10P/c1-3-4-5-6-7-8-9-10-11-12-13-14-15-16-23(27)35-21(17-32-20(2)26)18-33-36(30,31)34-19-22(25)24(28)29/h8-9,21-22H,3-7,10-19,25H2,1-2H3,(H,28,29)(H,30,31)/b9-8-. The maximum atomic E-state index is 12.1. The molecule has 0 spiro atoms. The van der Waals surface area contributed by atoms with Crippen molar-refractivity contribution in [1.29, 1.82) is 0 Å². The molecule has 12 heteroatoms. The van der Waals surface area contributed by atoms with Gasteiger partial charge in [0.15, 0.2) is 6.10 Å². The number of nitrogens with two attached hydrogens (primary N) is 1. The number of carbonyl (C=O) groups is 3. The molecule has 0 amide bonds. The quantitative estimate of drug-likeness (QED) is 0.0735. The van der Waals surface area contributed by atoms with Gasteiger partial charge in [-0.15, -0.1) is 0 Å². The van der Waals surface area contributed by atoms with Crippen molar-refractivity contribution in [3.63, 3.8) is 0 Å². The van der Waals surface area contributed by atoms with Gasteiger partial charge in [-0.1, -0.05) is 57.6 Å². The topological polar surface area (TPSA) is 172 Å². The number of esters is 2. The summed E-state index contributed by atoms with van der Waals surface area (Å²) in [6.07, 6.45) is 15.5. The number of carboxylic acid groups (broad SMARTS) is 1. The summed E-state index contributed by atoms with van der Waals surface area (Å²) in [5.41, 5.74) is 5.21. The van der Waals surface area contributed by atoms with E-state index in [0.29, 0.717) is 6.42 Å². The number of phosphoric ester groups is 1. The Morgan fingerprint density at radius 2 is 1.44 bits per heavy atom. The van der Waals surface area contributed by atoms with Crippen LogP contribution in [0.3, 0.4) is 0 Å². The molecule has 0 saturated carbocycles. The Balaban J connectivity index is 4.17. The Morgan fingerprint density at radius 1 is 0.889 bits per heavy atom. The largest absolute Gasteiger partial charge is 0.480 e. The number of hydrogen-bond donors (Lipinski definition) is 3. The summed E-state index contributed by atoms with van der Waals surface area (Å²) in [6, 6.07) is -1.51. The summed E-state index contributed by atoms with van der Waals surface area (Å²) in [5.74, 6) is -2.59. The highest BCUT2D eigenvalue weighted by molar-refractivity contribution is 7.47. The average molecular weight is 538 g/mol. The minimum atomic E-state index is -4.66. The Hall–Kier alpha value is -1.78. The maximum absolute atomic E-state index is 12.1. The molecular weight excluding hydrogens is 493 g/mol. The second kappa shape index (κ2) is 21.3. The number of rotatable bonds is 23. The summed E-state index contributed by atoms with van der Waals surface area (Å²) in [6.45, 7) is 1.64. The fraction of sp³-hybridized carbons (Fsp3) is 0.792. The third-order valence-corrected chi connectivity index (χ3v) is 6.02. The molecule has 0 aliphatic carbocycles. The molecule has 11 nitrogen and oxygen atoms in total. The minimum Gasteiger partial charge on any atom is -0.480 e. The van der Waals surface area contributed by atoms with E-state index in [-0.39, 0.29) is 13.0 Å². The van der Waals surface area contributed by atoms with E-state index in [1.165, 1.54) is 25.7 Å². The van der Waals surface area contributed by atoms with Crippen LogP contribution in [0.1, 0.15) is 90.9 Å². The molecule has 0 aromatic heterocycles. The van der Waals surface area contributed by atoms with E-state index in [9.17, 15) is 23.8 Å². The van der Waals surface area contributed by atoms with Crippen molar-refractivity contribution < 1.29 is 47.5 Å². The number of carboxylic acids is 1. The Bertz CT molecular complexity index is 700. The molecule has 0 aromatic rings. The predicted octanol–water partition coefficient (Wildman–Crippen LogP) is 4.26. The summed E-state index contributed by atoms with van der Waals surface area (Å²) in [7, 11) is -4.66. The van der Waals surface area contributed by atoms with Crippen molar-refractivity contribution in [3.8, 4) is 0 Å². The monoisotopic (exact) mass is 537 g/mol. The lowest BCUT2D eigenvalue weighted by Crippen LogP contribution is -2.34. The van der Waals surface area contributed by atoms with Gasteiger partial charge >= 0.3 is 25.7 Å².